The molecule has 0 fully saturated rings. The molecule has 0 aliphatic rings. The van der Waals surface area contributed by atoms with Crippen LogP contribution in [-0.2, 0) is 0 Å². The molecule has 0 atom stereocenters. The van der Waals surface area contributed by atoms with Gasteiger partial charge in [0.25, 0.3) is 5.91 Å². The van der Waals surface area contributed by atoms with Gasteiger partial charge in [0.2, 0.25) is 0 Å². The van der Waals surface area contributed by atoms with Crippen LogP contribution in [0.1, 0.15) is 10.4 Å². The Kier molecular flexibility index (Phi) is 6.08. The molecule has 0 radical (unpaired) electrons. The number of alkyl halides is 3. The van der Waals surface area contributed by atoms with Crippen molar-refractivity contribution in [2.75, 3.05) is 5.32 Å². The van der Waals surface area contributed by atoms with E-state index in [0.717, 1.165) is 29.0 Å². The summed E-state index contributed by atoms with van der Waals surface area (Å²) in [4.78, 5) is 22.5. The van der Waals surface area contributed by atoms with Gasteiger partial charge in [-0.05, 0) is 42.5 Å². The number of halogens is 3. The third kappa shape index (κ3) is 5.17. The Morgan fingerprint density at radius 1 is 0.694 bits per heavy atom. The quantitative estimate of drug-likeness (QED) is 0.288. The molecule has 0 aliphatic heterocycles. The van der Waals surface area contributed by atoms with Crippen molar-refractivity contribution in [1.82, 2.24) is 9.97 Å². The minimum absolute atomic E-state index is 0.324. The van der Waals surface area contributed by atoms with Crippen molar-refractivity contribution in [3.05, 3.63) is 109 Å². The molecule has 4 aromatic carbocycles. The molecule has 0 unspecified atom stereocenters. The monoisotopic (exact) mass is 485 g/mol. The highest BCUT2D eigenvalue weighted by Gasteiger charge is 2.31. The van der Waals surface area contributed by atoms with E-state index in [1.165, 1.54) is 12.1 Å². The summed E-state index contributed by atoms with van der Waals surface area (Å²) < 4.78 is 40.9. The maximum Gasteiger partial charge on any atom is 0.573 e. The number of nitrogens with one attached hydrogen (secondary N) is 1. The van der Waals surface area contributed by atoms with Gasteiger partial charge < -0.3 is 10.1 Å². The lowest BCUT2D eigenvalue weighted by Gasteiger charge is -2.12. The van der Waals surface area contributed by atoms with E-state index in [4.69, 9.17) is 9.97 Å². The molecular formula is C28H18F3N3O2. The number of hydrogen-bond donors (Lipinski definition) is 1. The normalized spacial score (nSPS) is 11.3. The van der Waals surface area contributed by atoms with E-state index in [2.05, 4.69) is 10.1 Å². The van der Waals surface area contributed by atoms with Gasteiger partial charge >= 0.3 is 6.36 Å². The van der Waals surface area contributed by atoms with Crippen LogP contribution in [0.3, 0.4) is 0 Å². The first-order valence-corrected chi connectivity index (χ1v) is 11.0. The van der Waals surface area contributed by atoms with Gasteiger partial charge in [0.15, 0.2) is 0 Å². The van der Waals surface area contributed by atoms with Crippen LogP contribution in [0.4, 0.5) is 18.9 Å². The highest BCUT2D eigenvalue weighted by Crippen LogP contribution is 2.31. The van der Waals surface area contributed by atoms with E-state index >= 15 is 0 Å². The summed E-state index contributed by atoms with van der Waals surface area (Å²) in [5, 5.41) is 2.67. The lowest BCUT2D eigenvalue weighted by molar-refractivity contribution is -0.274. The van der Waals surface area contributed by atoms with Gasteiger partial charge in [-0.25, -0.2) is 9.97 Å². The van der Waals surface area contributed by atoms with E-state index < -0.39 is 12.3 Å². The fraction of sp³-hybridized carbons (Fsp3) is 0.0357. The van der Waals surface area contributed by atoms with Crippen molar-refractivity contribution in [3.8, 4) is 28.3 Å². The number of aromatic nitrogens is 2. The predicted octanol–water partition coefficient (Wildman–Crippen LogP) is 7.11. The summed E-state index contributed by atoms with van der Waals surface area (Å²) in [7, 11) is 0. The van der Waals surface area contributed by atoms with Crippen LogP contribution in [0.15, 0.2) is 103 Å². The highest BCUT2D eigenvalue weighted by atomic mass is 19.4. The van der Waals surface area contributed by atoms with Gasteiger partial charge in [-0.1, -0.05) is 60.7 Å². The number of carbonyl (C=O) groups excluding carboxylic acids is 1. The molecule has 8 heteroatoms. The minimum Gasteiger partial charge on any atom is -0.406 e. The van der Waals surface area contributed by atoms with E-state index in [1.54, 1.807) is 18.2 Å². The number of anilines is 1. The Bertz CT molecular complexity index is 1520. The van der Waals surface area contributed by atoms with Gasteiger partial charge in [0, 0.05) is 22.4 Å². The average Bonchev–Trinajstić information content (AvgIpc) is 2.89. The molecule has 1 amide bonds. The van der Waals surface area contributed by atoms with Gasteiger partial charge in [0.05, 0.1) is 22.4 Å². The fourth-order valence-corrected chi connectivity index (χ4v) is 3.73. The van der Waals surface area contributed by atoms with Crippen LogP contribution in [0, 0.1) is 0 Å². The molecule has 5 rings (SSSR count). The molecule has 1 aromatic heterocycles. The van der Waals surface area contributed by atoms with Gasteiger partial charge in [-0.3, -0.25) is 4.79 Å². The second kappa shape index (κ2) is 9.50. The number of rotatable bonds is 5. The van der Waals surface area contributed by atoms with Crippen molar-refractivity contribution in [3.63, 3.8) is 0 Å². The Morgan fingerprint density at radius 3 is 1.81 bits per heavy atom. The number of carbonyl (C=O) groups is 1. The molecule has 0 saturated heterocycles. The summed E-state index contributed by atoms with van der Waals surface area (Å²) in [5.41, 5.74) is 5.05. The van der Waals surface area contributed by atoms with Crippen LogP contribution in [0.2, 0.25) is 0 Å². The van der Waals surface area contributed by atoms with Gasteiger partial charge in [-0.2, -0.15) is 0 Å². The zero-order valence-corrected chi connectivity index (χ0v) is 18.7. The minimum atomic E-state index is -4.78. The van der Waals surface area contributed by atoms with Crippen LogP contribution in [0.5, 0.6) is 5.75 Å². The number of nitrogens with zero attached hydrogens (tertiary/aromatic N) is 2. The van der Waals surface area contributed by atoms with E-state index in [9.17, 15) is 18.0 Å². The number of ether oxygens (including phenoxy) is 1. The standard InChI is InChI=1S/C28H18F3N3O2/c29-28(30,31)36-22-14-12-21(13-15-22)32-27(35)20-11-16-23-24(17-20)34-26(19-9-5-2-6-10-19)25(33-23)18-7-3-1-4-8-18/h1-17H,(H,32,35). The first-order valence-electron chi connectivity index (χ1n) is 11.0. The van der Waals surface area contributed by atoms with Crippen LogP contribution in [-0.4, -0.2) is 22.2 Å². The Morgan fingerprint density at radius 2 is 1.25 bits per heavy atom. The topological polar surface area (TPSA) is 64.1 Å². The van der Waals surface area contributed by atoms with Crippen molar-refractivity contribution in [1.29, 1.82) is 0 Å². The molecule has 0 saturated carbocycles. The number of amides is 1. The second-order valence-corrected chi connectivity index (χ2v) is 7.88. The summed E-state index contributed by atoms with van der Waals surface area (Å²) >= 11 is 0. The maximum absolute atomic E-state index is 12.8. The molecule has 178 valence electrons. The molecular weight excluding hydrogens is 467 g/mol. The molecule has 5 nitrogen and oxygen atoms in total. The average molecular weight is 485 g/mol. The van der Waals surface area contributed by atoms with Crippen LogP contribution >= 0.6 is 0 Å². The fourth-order valence-electron chi connectivity index (χ4n) is 3.73. The first-order chi connectivity index (χ1) is 17.4. The van der Waals surface area contributed by atoms with E-state index in [1.807, 2.05) is 60.7 Å². The number of hydrogen-bond acceptors (Lipinski definition) is 4. The van der Waals surface area contributed by atoms with Crippen molar-refractivity contribution >= 4 is 22.6 Å². The Labute approximate surface area is 204 Å². The number of fused-ring (bicyclic) bond motifs is 1. The Balaban J connectivity index is 1.47. The summed E-state index contributed by atoms with van der Waals surface area (Å²) in [6.45, 7) is 0. The molecule has 0 bridgehead atoms. The second-order valence-electron chi connectivity index (χ2n) is 7.88. The predicted molar refractivity (Wildman–Crippen MR) is 131 cm³/mol. The van der Waals surface area contributed by atoms with Crippen molar-refractivity contribution in [2.45, 2.75) is 6.36 Å². The van der Waals surface area contributed by atoms with Crippen molar-refractivity contribution in [2.24, 2.45) is 0 Å². The third-order valence-electron chi connectivity index (χ3n) is 5.37. The lowest BCUT2D eigenvalue weighted by Crippen LogP contribution is -2.17. The molecule has 1 N–H and O–H groups in total. The highest BCUT2D eigenvalue weighted by molar-refractivity contribution is 6.06. The van der Waals surface area contributed by atoms with Crippen molar-refractivity contribution < 1.29 is 22.7 Å². The molecule has 36 heavy (non-hydrogen) atoms. The molecule has 0 spiro atoms. The van der Waals surface area contributed by atoms with Crippen LogP contribution < -0.4 is 10.1 Å². The summed E-state index contributed by atoms with van der Waals surface area (Å²) in [6, 6.07) is 29.3. The van der Waals surface area contributed by atoms with E-state index in [0.29, 0.717) is 28.0 Å². The van der Waals surface area contributed by atoms with E-state index in [-0.39, 0.29) is 5.75 Å². The number of benzene rings is 4. The summed E-state index contributed by atoms with van der Waals surface area (Å²) in [5.74, 6) is -0.805. The third-order valence-corrected chi connectivity index (χ3v) is 5.37. The smallest absolute Gasteiger partial charge is 0.406 e. The zero-order chi connectivity index (χ0) is 25.1. The molecule has 5 aromatic rings. The Hall–Kier alpha value is -4.72. The van der Waals surface area contributed by atoms with Gasteiger partial charge in [-0.15, -0.1) is 13.2 Å². The molecule has 1 heterocycles. The van der Waals surface area contributed by atoms with Crippen LogP contribution in [0.25, 0.3) is 33.5 Å². The molecule has 0 aliphatic carbocycles. The lowest BCUT2D eigenvalue weighted by atomic mass is 10.0. The SMILES string of the molecule is O=C(Nc1ccc(OC(F)(F)F)cc1)c1ccc2nc(-c3ccccc3)c(-c3ccccc3)nc2c1. The maximum atomic E-state index is 12.8. The van der Waals surface area contributed by atoms with Gasteiger partial charge in [0.1, 0.15) is 5.75 Å². The summed E-state index contributed by atoms with van der Waals surface area (Å²) in [6.07, 6.45) is -4.78. The zero-order valence-electron chi connectivity index (χ0n) is 18.7. The largest absolute Gasteiger partial charge is 0.573 e. The first kappa shape index (κ1) is 23.0.